The second-order valence-electron chi connectivity index (χ2n) is 4.83. The molecule has 1 fully saturated rings. The Balaban J connectivity index is 2.23. The molecule has 2 N–H and O–H groups in total. The van der Waals surface area contributed by atoms with Gasteiger partial charge in [0.1, 0.15) is 5.82 Å². The van der Waals surface area contributed by atoms with E-state index in [2.05, 4.69) is 4.74 Å². The van der Waals surface area contributed by atoms with Crippen molar-refractivity contribution in [2.45, 2.75) is 18.6 Å². The van der Waals surface area contributed by atoms with Crippen molar-refractivity contribution in [3.05, 3.63) is 29.6 Å². The van der Waals surface area contributed by atoms with Gasteiger partial charge in [0, 0.05) is 31.9 Å². The highest BCUT2D eigenvalue weighted by Gasteiger charge is 2.27. The summed E-state index contributed by atoms with van der Waals surface area (Å²) in [6.45, 7) is 1.36. The molecule has 2 unspecified atom stereocenters. The van der Waals surface area contributed by atoms with Gasteiger partial charge in [0.25, 0.3) is 0 Å². The first-order chi connectivity index (χ1) is 9.56. The lowest BCUT2D eigenvalue weighted by atomic mass is 10.0. The monoisotopic (exact) mass is 282 g/mol. The van der Waals surface area contributed by atoms with E-state index in [4.69, 9.17) is 10.5 Å². The van der Waals surface area contributed by atoms with Gasteiger partial charge in [0.05, 0.1) is 18.8 Å². The predicted molar refractivity (Wildman–Crippen MR) is 73.3 cm³/mol. The van der Waals surface area contributed by atoms with Crippen LogP contribution in [0.25, 0.3) is 0 Å². The fraction of sp³-hybridized carbons (Fsp3) is 0.500. The molecule has 0 aromatic heterocycles. The molecule has 0 bridgehead atoms. The van der Waals surface area contributed by atoms with Gasteiger partial charge >= 0.3 is 5.97 Å². The van der Waals surface area contributed by atoms with Crippen LogP contribution in [0.15, 0.2) is 18.2 Å². The lowest BCUT2D eigenvalue weighted by molar-refractivity contribution is 0.0595. The van der Waals surface area contributed by atoms with E-state index in [1.807, 2.05) is 4.90 Å². The molecule has 1 aromatic rings. The largest absolute Gasteiger partial charge is 0.465 e. The average Bonchev–Trinajstić information content (AvgIpc) is 2.47. The summed E-state index contributed by atoms with van der Waals surface area (Å²) in [6.07, 6.45) is 0.707. The fourth-order valence-corrected chi connectivity index (χ4v) is 2.39. The van der Waals surface area contributed by atoms with Crippen LogP contribution in [-0.4, -0.2) is 45.4 Å². The molecule has 6 heteroatoms. The zero-order chi connectivity index (χ0) is 14.7. The first kappa shape index (κ1) is 14.7. The molecular weight excluding hydrogens is 263 g/mol. The number of hydrogen-bond acceptors (Lipinski definition) is 5. The van der Waals surface area contributed by atoms with Crippen LogP contribution >= 0.6 is 0 Å². The van der Waals surface area contributed by atoms with Crippen molar-refractivity contribution < 1.29 is 18.7 Å². The Hall–Kier alpha value is -1.66. The minimum atomic E-state index is -0.679. The number of esters is 1. The Bertz CT molecular complexity index is 495. The van der Waals surface area contributed by atoms with Gasteiger partial charge in [0.15, 0.2) is 0 Å². The number of piperidine rings is 1. The smallest absolute Gasteiger partial charge is 0.340 e. The summed E-state index contributed by atoms with van der Waals surface area (Å²) in [7, 11) is 2.86. The molecule has 1 heterocycles. The van der Waals surface area contributed by atoms with E-state index in [0.29, 0.717) is 6.54 Å². The number of hydrogen-bond donors (Lipinski definition) is 1. The van der Waals surface area contributed by atoms with E-state index in [0.717, 1.165) is 18.7 Å². The summed E-state index contributed by atoms with van der Waals surface area (Å²) < 4.78 is 23.5. The van der Waals surface area contributed by atoms with E-state index in [9.17, 15) is 9.18 Å². The predicted octanol–water partition coefficient (Wildman–Crippen LogP) is 1.16. The molecule has 5 nitrogen and oxygen atoms in total. The number of anilines is 1. The first-order valence-electron chi connectivity index (χ1n) is 6.48. The van der Waals surface area contributed by atoms with E-state index in [1.165, 1.54) is 19.2 Å². The van der Waals surface area contributed by atoms with E-state index >= 15 is 0 Å². The number of rotatable bonds is 3. The number of carbonyl (C=O) groups is 1. The Labute approximate surface area is 117 Å². The van der Waals surface area contributed by atoms with Crippen molar-refractivity contribution in [2.75, 3.05) is 32.2 Å². The Morgan fingerprint density at radius 1 is 1.45 bits per heavy atom. The van der Waals surface area contributed by atoms with Crippen LogP contribution in [0, 0.1) is 5.82 Å². The highest BCUT2D eigenvalue weighted by Crippen LogP contribution is 2.23. The van der Waals surface area contributed by atoms with Gasteiger partial charge in [-0.15, -0.1) is 0 Å². The van der Waals surface area contributed by atoms with Crippen LogP contribution in [0.4, 0.5) is 10.1 Å². The molecule has 0 saturated carbocycles. The van der Waals surface area contributed by atoms with Gasteiger partial charge in [-0.25, -0.2) is 9.18 Å². The SMILES string of the molecule is COC(=O)c1cc(N2CCC(N)C(OC)C2)ccc1F. The van der Waals surface area contributed by atoms with Crippen LogP contribution in [0.5, 0.6) is 0 Å². The van der Waals surface area contributed by atoms with Crippen molar-refractivity contribution >= 4 is 11.7 Å². The van der Waals surface area contributed by atoms with E-state index in [-0.39, 0.29) is 17.7 Å². The third-order valence-electron chi connectivity index (χ3n) is 3.63. The Morgan fingerprint density at radius 2 is 2.20 bits per heavy atom. The Morgan fingerprint density at radius 3 is 2.85 bits per heavy atom. The highest BCUT2D eigenvalue weighted by molar-refractivity contribution is 5.90. The van der Waals surface area contributed by atoms with Crippen molar-refractivity contribution in [3.8, 4) is 0 Å². The normalized spacial score (nSPS) is 22.7. The van der Waals surface area contributed by atoms with Gasteiger partial charge < -0.3 is 20.1 Å². The molecule has 2 atom stereocenters. The first-order valence-corrected chi connectivity index (χ1v) is 6.48. The topological polar surface area (TPSA) is 64.8 Å². The second kappa shape index (κ2) is 6.19. The molecule has 0 spiro atoms. The molecule has 1 saturated heterocycles. The number of nitrogens with two attached hydrogens (primary N) is 1. The number of carbonyl (C=O) groups excluding carboxylic acids is 1. The summed E-state index contributed by atoms with van der Waals surface area (Å²) >= 11 is 0. The molecule has 110 valence electrons. The van der Waals surface area contributed by atoms with Gasteiger partial charge in [0.2, 0.25) is 0 Å². The zero-order valence-corrected chi connectivity index (χ0v) is 11.6. The maximum absolute atomic E-state index is 13.6. The molecule has 2 rings (SSSR count). The number of halogens is 1. The van der Waals surface area contributed by atoms with Crippen LogP contribution in [0.1, 0.15) is 16.8 Å². The van der Waals surface area contributed by atoms with Crippen molar-refractivity contribution in [2.24, 2.45) is 5.73 Å². The number of nitrogens with zero attached hydrogens (tertiary/aromatic N) is 1. The average molecular weight is 282 g/mol. The van der Waals surface area contributed by atoms with E-state index < -0.39 is 11.8 Å². The molecule has 20 heavy (non-hydrogen) atoms. The number of benzene rings is 1. The van der Waals surface area contributed by atoms with Crippen LogP contribution < -0.4 is 10.6 Å². The summed E-state index contributed by atoms with van der Waals surface area (Å²) in [5, 5.41) is 0. The standard InChI is InChI=1S/C14H19FN2O3/c1-19-13-8-17(6-5-12(13)16)9-3-4-11(15)10(7-9)14(18)20-2/h3-4,7,12-13H,5-6,8,16H2,1-2H3. The van der Waals surface area contributed by atoms with Crippen LogP contribution in [0.2, 0.25) is 0 Å². The van der Waals surface area contributed by atoms with Gasteiger partial charge in [-0.1, -0.05) is 0 Å². The van der Waals surface area contributed by atoms with Gasteiger partial charge in [-0.05, 0) is 24.6 Å². The zero-order valence-electron chi connectivity index (χ0n) is 11.6. The molecule has 0 radical (unpaired) electrons. The highest BCUT2D eigenvalue weighted by atomic mass is 19.1. The quantitative estimate of drug-likeness (QED) is 0.843. The summed E-state index contributed by atoms with van der Waals surface area (Å²) in [5.74, 6) is -1.26. The van der Waals surface area contributed by atoms with Gasteiger partial charge in [-0.3, -0.25) is 0 Å². The van der Waals surface area contributed by atoms with Crippen molar-refractivity contribution in [1.29, 1.82) is 0 Å². The molecule has 0 aliphatic carbocycles. The summed E-state index contributed by atoms with van der Waals surface area (Å²) in [5.41, 5.74) is 6.67. The lowest BCUT2D eigenvalue weighted by Crippen LogP contribution is -2.51. The molecule has 1 aromatic carbocycles. The third-order valence-corrected chi connectivity index (χ3v) is 3.63. The minimum absolute atomic E-state index is 0.00299. The van der Waals surface area contributed by atoms with Crippen LogP contribution in [-0.2, 0) is 9.47 Å². The molecular formula is C14H19FN2O3. The van der Waals surface area contributed by atoms with Gasteiger partial charge in [-0.2, -0.15) is 0 Å². The summed E-state index contributed by atoms with van der Waals surface area (Å²) in [4.78, 5) is 13.5. The minimum Gasteiger partial charge on any atom is -0.465 e. The number of ether oxygens (including phenoxy) is 2. The summed E-state index contributed by atoms with van der Waals surface area (Å²) in [6, 6.07) is 4.42. The maximum Gasteiger partial charge on any atom is 0.340 e. The third kappa shape index (κ3) is 2.91. The van der Waals surface area contributed by atoms with Crippen LogP contribution in [0.3, 0.4) is 0 Å². The molecule has 0 amide bonds. The lowest BCUT2D eigenvalue weighted by Gasteiger charge is -2.37. The molecule has 1 aliphatic heterocycles. The van der Waals surface area contributed by atoms with Crippen molar-refractivity contribution in [3.63, 3.8) is 0 Å². The second-order valence-corrected chi connectivity index (χ2v) is 4.83. The van der Waals surface area contributed by atoms with E-state index in [1.54, 1.807) is 13.2 Å². The van der Waals surface area contributed by atoms with Crippen molar-refractivity contribution in [1.82, 2.24) is 0 Å². The maximum atomic E-state index is 13.6. The fourth-order valence-electron chi connectivity index (χ4n) is 2.39. The number of methoxy groups -OCH3 is 2. The molecule has 1 aliphatic rings. The Kier molecular flexibility index (Phi) is 4.57.